The Balaban J connectivity index is 1.43. The fraction of sp³-hybridized carbons (Fsp3) is 0.350. The second-order valence-electron chi connectivity index (χ2n) is 6.97. The van der Waals surface area contributed by atoms with Crippen LogP contribution < -0.4 is 5.32 Å². The molecule has 1 atom stereocenters. The van der Waals surface area contributed by atoms with Crippen molar-refractivity contribution >= 4 is 11.8 Å². The predicted octanol–water partition coefficient (Wildman–Crippen LogP) is 2.36. The molecule has 5 heteroatoms. The third-order valence-corrected chi connectivity index (χ3v) is 5.42. The zero-order valence-corrected chi connectivity index (χ0v) is 14.0. The summed E-state index contributed by atoms with van der Waals surface area (Å²) in [6, 6.07) is 13.2. The van der Waals surface area contributed by atoms with Crippen LogP contribution in [0.1, 0.15) is 41.1 Å². The van der Waals surface area contributed by atoms with E-state index in [2.05, 4.69) is 10.3 Å². The number of hydrogen-bond donors (Lipinski definition) is 1. The Bertz CT molecular complexity index is 768. The molecular weight excluding hydrogens is 314 g/mol. The highest BCUT2D eigenvalue weighted by molar-refractivity contribution is 5.94. The van der Waals surface area contributed by atoms with E-state index < -0.39 is 0 Å². The van der Waals surface area contributed by atoms with Crippen LogP contribution >= 0.6 is 0 Å². The Morgan fingerprint density at radius 3 is 2.56 bits per heavy atom. The number of carbonyl (C=O) groups excluding carboxylic acids is 2. The van der Waals surface area contributed by atoms with Crippen LogP contribution in [0, 0.1) is 0 Å². The van der Waals surface area contributed by atoms with Crippen LogP contribution in [0.2, 0.25) is 0 Å². The number of pyridine rings is 1. The summed E-state index contributed by atoms with van der Waals surface area (Å²) >= 11 is 0. The molecule has 3 heterocycles. The van der Waals surface area contributed by atoms with Gasteiger partial charge in [-0.2, -0.15) is 0 Å². The summed E-state index contributed by atoms with van der Waals surface area (Å²) in [7, 11) is 0. The van der Waals surface area contributed by atoms with E-state index in [-0.39, 0.29) is 23.3 Å². The van der Waals surface area contributed by atoms with E-state index in [9.17, 15) is 9.59 Å². The average Bonchev–Trinajstić information content (AvgIpc) is 2.99. The molecule has 25 heavy (non-hydrogen) atoms. The van der Waals surface area contributed by atoms with E-state index in [0.29, 0.717) is 13.1 Å². The molecule has 4 rings (SSSR count). The standard InChI is InChI=1S/C20H21N3O2/c24-18-17(16-7-4-10-21-14-16)13-20(22-18)8-11-23(12-9-20)19(25)15-5-2-1-3-6-15/h1-7,10,14,17H,8-9,11-13H2,(H,22,24)/t17-/m1/s1. The van der Waals surface area contributed by atoms with Crippen LogP contribution in [0.3, 0.4) is 0 Å². The van der Waals surface area contributed by atoms with Crippen molar-refractivity contribution in [1.29, 1.82) is 0 Å². The van der Waals surface area contributed by atoms with Gasteiger partial charge in [0, 0.05) is 36.6 Å². The molecule has 0 unspecified atom stereocenters. The number of aromatic nitrogens is 1. The zero-order chi connectivity index (χ0) is 17.3. The highest BCUT2D eigenvalue weighted by Gasteiger charge is 2.46. The number of likely N-dealkylation sites (tertiary alicyclic amines) is 1. The molecule has 0 aliphatic carbocycles. The van der Waals surface area contributed by atoms with Gasteiger partial charge in [-0.25, -0.2) is 0 Å². The third-order valence-electron chi connectivity index (χ3n) is 5.42. The second-order valence-corrected chi connectivity index (χ2v) is 6.97. The summed E-state index contributed by atoms with van der Waals surface area (Å²) in [5.74, 6) is 0.0180. The Hall–Kier alpha value is -2.69. The van der Waals surface area contributed by atoms with E-state index >= 15 is 0 Å². The molecule has 1 spiro atoms. The Morgan fingerprint density at radius 2 is 1.88 bits per heavy atom. The molecule has 2 amide bonds. The van der Waals surface area contributed by atoms with E-state index in [1.165, 1.54) is 0 Å². The number of benzene rings is 1. The van der Waals surface area contributed by atoms with E-state index in [1.54, 1.807) is 12.4 Å². The minimum absolute atomic E-state index is 0.0728. The van der Waals surface area contributed by atoms with Crippen LogP contribution in [-0.2, 0) is 4.79 Å². The Morgan fingerprint density at radius 1 is 1.12 bits per heavy atom. The van der Waals surface area contributed by atoms with Crippen LogP contribution in [-0.4, -0.2) is 40.3 Å². The van der Waals surface area contributed by atoms with Crippen molar-refractivity contribution in [2.75, 3.05) is 13.1 Å². The third kappa shape index (κ3) is 3.02. The van der Waals surface area contributed by atoms with Gasteiger partial charge in [0.2, 0.25) is 5.91 Å². The van der Waals surface area contributed by atoms with Gasteiger partial charge < -0.3 is 10.2 Å². The molecule has 128 valence electrons. The minimum atomic E-state index is -0.189. The molecule has 2 aliphatic rings. The molecule has 1 N–H and O–H groups in total. The number of amides is 2. The van der Waals surface area contributed by atoms with Gasteiger partial charge in [0.05, 0.1) is 5.92 Å². The lowest BCUT2D eigenvalue weighted by molar-refractivity contribution is -0.121. The van der Waals surface area contributed by atoms with Gasteiger partial charge in [-0.1, -0.05) is 24.3 Å². The van der Waals surface area contributed by atoms with Gasteiger partial charge in [-0.3, -0.25) is 14.6 Å². The SMILES string of the molecule is O=C1NC2(CCN(C(=O)c3ccccc3)CC2)C[C@@H]1c1cccnc1. The number of piperidine rings is 1. The van der Waals surface area contributed by atoms with Crippen LogP contribution in [0.15, 0.2) is 54.9 Å². The molecule has 2 fully saturated rings. The number of hydrogen-bond acceptors (Lipinski definition) is 3. The van der Waals surface area contributed by atoms with Gasteiger partial charge in [0.1, 0.15) is 0 Å². The molecule has 0 saturated carbocycles. The van der Waals surface area contributed by atoms with E-state index in [4.69, 9.17) is 0 Å². The topological polar surface area (TPSA) is 62.3 Å². The molecular formula is C20H21N3O2. The average molecular weight is 335 g/mol. The number of rotatable bonds is 2. The second kappa shape index (κ2) is 6.31. The first kappa shape index (κ1) is 15.8. The number of carbonyl (C=O) groups is 2. The number of nitrogens with zero attached hydrogens (tertiary/aromatic N) is 2. The summed E-state index contributed by atoms with van der Waals surface area (Å²) in [5.41, 5.74) is 1.51. The summed E-state index contributed by atoms with van der Waals surface area (Å²) < 4.78 is 0. The quantitative estimate of drug-likeness (QED) is 0.916. The van der Waals surface area contributed by atoms with Crippen molar-refractivity contribution in [2.45, 2.75) is 30.7 Å². The number of nitrogens with one attached hydrogen (secondary N) is 1. The highest BCUT2D eigenvalue weighted by Crippen LogP contribution is 2.39. The van der Waals surface area contributed by atoms with Gasteiger partial charge in [-0.15, -0.1) is 0 Å². The van der Waals surface area contributed by atoms with Crippen molar-refractivity contribution in [3.63, 3.8) is 0 Å². The summed E-state index contributed by atoms with van der Waals surface area (Å²) in [4.78, 5) is 31.1. The Labute approximate surface area is 147 Å². The summed E-state index contributed by atoms with van der Waals surface area (Å²) in [6.07, 6.45) is 5.88. The molecule has 0 bridgehead atoms. The monoisotopic (exact) mass is 335 g/mol. The smallest absolute Gasteiger partial charge is 0.253 e. The Kier molecular flexibility index (Phi) is 3.99. The molecule has 1 aromatic heterocycles. The zero-order valence-electron chi connectivity index (χ0n) is 14.0. The predicted molar refractivity (Wildman–Crippen MR) is 94.0 cm³/mol. The molecule has 2 aliphatic heterocycles. The van der Waals surface area contributed by atoms with Gasteiger partial charge in [-0.05, 0) is 43.0 Å². The fourth-order valence-electron chi connectivity index (χ4n) is 3.96. The van der Waals surface area contributed by atoms with Gasteiger partial charge >= 0.3 is 0 Å². The van der Waals surface area contributed by atoms with Gasteiger partial charge in [0.15, 0.2) is 0 Å². The van der Waals surface area contributed by atoms with Crippen molar-refractivity contribution in [1.82, 2.24) is 15.2 Å². The minimum Gasteiger partial charge on any atom is -0.350 e. The fourth-order valence-corrected chi connectivity index (χ4v) is 3.96. The lowest BCUT2D eigenvalue weighted by atomic mass is 9.82. The van der Waals surface area contributed by atoms with Crippen molar-refractivity contribution in [3.05, 3.63) is 66.0 Å². The highest BCUT2D eigenvalue weighted by atomic mass is 16.2. The first-order valence-electron chi connectivity index (χ1n) is 8.73. The maximum absolute atomic E-state index is 12.6. The van der Waals surface area contributed by atoms with E-state index in [1.807, 2.05) is 47.4 Å². The molecule has 0 radical (unpaired) electrons. The molecule has 5 nitrogen and oxygen atoms in total. The normalized spacial score (nSPS) is 22.0. The van der Waals surface area contributed by atoms with Crippen molar-refractivity contribution in [2.24, 2.45) is 0 Å². The van der Waals surface area contributed by atoms with Crippen LogP contribution in [0.5, 0.6) is 0 Å². The van der Waals surface area contributed by atoms with Crippen molar-refractivity contribution in [3.8, 4) is 0 Å². The maximum Gasteiger partial charge on any atom is 0.253 e. The molecule has 2 saturated heterocycles. The summed E-state index contributed by atoms with van der Waals surface area (Å²) in [5, 5.41) is 3.21. The van der Waals surface area contributed by atoms with Gasteiger partial charge in [0.25, 0.3) is 5.91 Å². The molecule has 1 aromatic carbocycles. The van der Waals surface area contributed by atoms with Crippen LogP contribution in [0.25, 0.3) is 0 Å². The molecule has 2 aromatic rings. The van der Waals surface area contributed by atoms with Crippen molar-refractivity contribution < 1.29 is 9.59 Å². The lowest BCUT2D eigenvalue weighted by Crippen LogP contribution is -2.52. The maximum atomic E-state index is 12.6. The first-order chi connectivity index (χ1) is 12.2. The lowest BCUT2D eigenvalue weighted by Gasteiger charge is -2.39. The van der Waals surface area contributed by atoms with Crippen LogP contribution in [0.4, 0.5) is 0 Å². The first-order valence-corrected chi connectivity index (χ1v) is 8.73. The summed E-state index contributed by atoms with van der Waals surface area (Å²) in [6.45, 7) is 1.35. The van der Waals surface area contributed by atoms with E-state index in [0.717, 1.165) is 30.4 Å². The largest absolute Gasteiger partial charge is 0.350 e.